The highest BCUT2D eigenvalue weighted by Crippen LogP contribution is 2.61. The Morgan fingerprint density at radius 1 is 0.935 bits per heavy atom. The molecular formula is C25H25ClN2O2S. The zero-order valence-corrected chi connectivity index (χ0v) is 19.3. The van der Waals surface area contributed by atoms with E-state index in [0.29, 0.717) is 5.71 Å². The maximum Gasteiger partial charge on any atom is 0.245 e. The number of benzene rings is 3. The van der Waals surface area contributed by atoms with Gasteiger partial charge in [0.1, 0.15) is 0 Å². The van der Waals surface area contributed by atoms with Gasteiger partial charge in [0.05, 0.1) is 16.6 Å². The van der Waals surface area contributed by atoms with Crippen molar-refractivity contribution in [2.45, 2.75) is 42.7 Å². The minimum Gasteiger partial charge on any atom is -0.283 e. The summed E-state index contributed by atoms with van der Waals surface area (Å²) in [5.41, 5.74) is 3.32. The predicted molar refractivity (Wildman–Crippen MR) is 126 cm³/mol. The molecule has 0 amide bonds. The van der Waals surface area contributed by atoms with Crippen LogP contribution in [0.15, 0.2) is 94.8 Å². The van der Waals surface area contributed by atoms with Gasteiger partial charge in [-0.1, -0.05) is 90.0 Å². The number of sulfonamides is 1. The van der Waals surface area contributed by atoms with Crippen molar-refractivity contribution in [3.05, 3.63) is 102 Å². The number of rotatable bonds is 6. The average Bonchev–Trinajstić information content (AvgIpc) is 3.41. The van der Waals surface area contributed by atoms with Crippen molar-refractivity contribution in [3.8, 4) is 0 Å². The van der Waals surface area contributed by atoms with Crippen LogP contribution in [0.2, 0.25) is 0 Å². The van der Waals surface area contributed by atoms with Gasteiger partial charge in [-0.05, 0) is 44.0 Å². The molecule has 0 N–H and O–H groups in total. The number of nitrogens with zero attached hydrogens (tertiary/aromatic N) is 2. The minimum absolute atomic E-state index is 0.0496. The normalized spacial score (nSPS) is 23.7. The van der Waals surface area contributed by atoms with E-state index in [0.717, 1.165) is 16.7 Å². The Morgan fingerprint density at radius 2 is 1.48 bits per heavy atom. The molecule has 0 saturated carbocycles. The number of halogens is 1. The van der Waals surface area contributed by atoms with Gasteiger partial charge in [0.25, 0.3) is 0 Å². The Kier molecular flexibility index (Phi) is 5.77. The fourth-order valence-electron chi connectivity index (χ4n) is 3.83. The van der Waals surface area contributed by atoms with E-state index in [2.05, 4.69) is 0 Å². The first-order chi connectivity index (χ1) is 14.8. The molecule has 31 heavy (non-hydrogen) atoms. The molecular weight excluding hydrogens is 428 g/mol. The zero-order valence-electron chi connectivity index (χ0n) is 17.7. The molecule has 1 saturated heterocycles. The van der Waals surface area contributed by atoms with Crippen molar-refractivity contribution in [2.75, 3.05) is 0 Å². The van der Waals surface area contributed by atoms with Crippen molar-refractivity contribution >= 4 is 27.3 Å². The van der Waals surface area contributed by atoms with Crippen LogP contribution in [0.3, 0.4) is 0 Å². The third-order valence-corrected chi connectivity index (χ3v) is 7.86. The van der Waals surface area contributed by atoms with Crippen LogP contribution in [0, 0.1) is 6.92 Å². The fourth-order valence-corrected chi connectivity index (χ4v) is 6.36. The van der Waals surface area contributed by atoms with Gasteiger partial charge in [-0.3, -0.25) is 4.99 Å². The van der Waals surface area contributed by atoms with Crippen molar-refractivity contribution in [3.63, 3.8) is 0 Å². The molecule has 4 nitrogen and oxygen atoms in total. The smallest absolute Gasteiger partial charge is 0.245 e. The summed E-state index contributed by atoms with van der Waals surface area (Å²) in [6, 6.07) is 25.2. The number of hydrogen-bond donors (Lipinski definition) is 0. The lowest BCUT2D eigenvalue weighted by Gasteiger charge is -2.16. The quantitative estimate of drug-likeness (QED) is 0.212. The first-order valence-electron chi connectivity index (χ1n) is 10.2. The van der Waals surface area contributed by atoms with Crippen LogP contribution >= 0.6 is 11.6 Å². The second-order valence-electron chi connectivity index (χ2n) is 8.04. The maximum atomic E-state index is 13.7. The van der Waals surface area contributed by atoms with Crippen LogP contribution in [0.4, 0.5) is 0 Å². The molecule has 1 aliphatic heterocycles. The van der Waals surface area contributed by atoms with Gasteiger partial charge in [0.15, 0.2) is 5.00 Å². The van der Waals surface area contributed by atoms with Crippen LogP contribution in [0.25, 0.3) is 0 Å². The van der Waals surface area contributed by atoms with Gasteiger partial charge in [-0.25, -0.2) is 8.42 Å². The first kappa shape index (κ1) is 21.8. The maximum absolute atomic E-state index is 13.7. The number of aryl methyl sites for hydroxylation is 1. The lowest BCUT2D eigenvalue weighted by atomic mass is 10.0. The molecule has 1 heterocycles. The molecule has 160 valence electrons. The summed E-state index contributed by atoms with van der Waals surface area (Å²) in [7, 11) is -3.85. The highest BCUT2D eigenvalue weighted by molar-refractivity contribution is 7.89. The molecule has 3 aromatic carbocycles. The fraction of sp³-hybridized carbons (Fsp3) is 0.240. The van der Waals surface area contributed by atoms with Crippen LogP contribution in [0.1, 0.15) is 36.6 Å². The summed E-state index contributed by atoms with van der Waals surface area (Å²) in [5.74, 6) is 0. The molecule has 0 bridgehead atoms. The van der Waals surface area contributed by atoms with Crippen LogP contribution in [-0.4, -0.2) is 29.5 Å². The van der Waals surface area contributed by atoms with Gasteiger partial charge < -0.3 is 0 Å². The lowest BCUT2D eigenvalue weighted by molar-refractivity contribution is 0.549. The summed E-state index contributed by atoms with van der Waals surface area (Å²) in [4.78, 5) is 3.71. The highest BCUT2D eigenvalue weighted by Gasteiger charge is 2.71. The van der Waals surface area contributed by atoms with E-state index < -0.39 is 21.1 Å². The molecule has 3 aromatic rings. The third kappa shape index (κ3) is 3.93. The largest absolute Gasteiger partial charge is 0.283 e. The van der Waals surface area contributed by atoms with Gasteiger partial charge in [-0.15, -0.1) is 0 Å². The highest BCUT2D eigenvalue weighted by atomic mass is 35.5. The predicted octanol–water partition coefficient (Wildman–Crippen LogP) is 5.57. The Hall–Kier alpha value is -2.47. The van der Waals surface area contributed by atoms with Crippen LogP contribution in [-0.2, 0) is 10.0 Å². The van der Waals surface area contributed by atoms with E-state index in [-0.39, 0.29) is 10.9 Å². The van der Waals surface area contributed by atoms with Crippen molar-refractivity contribution in [2.24, 2.45) is 4.99 Å². The Labute approximate surface area is 189 Å². The molecule has 6 heteroatoms. The van der Waals surface area contributed by atoms with E-state index >= 15 is 0 Å². The standard InChI is InChI=1S/C25H25ClN2O2S/c1-18(2)27-23(20-10-6-4-7-11-20)25(26)24(21-16-14-19(3)15-17-21)28(25)31(29,30)22-12-8-5-9-13-22/h4-18,24H,1-3H3/t24-,25-,28?/m1/s1. The monoisotopic (exact) mass is 452 g/mol. The van der Waals surface area contributed by atoms with E-state index in [4.69, 9.17) is 16.6 Å². The third-order valence-electron chi connectivity index (χ3n) is 5.31. The molecule has 1 fully saturated rings. The number of aliphatic imine (C=N–C) groups is 1. The number of alkyl halides is 1. The zero-order chi connectivity index (χ0) is 22.2. The molecule has 1 unspecified atom stereocenters. The average molecular weight is 453 g/mol. The van der Waals surface area contributed by atoms with E-state index in [9.17, 15) is 8.42 Å². The summed E-state index contributed by atoms with van der Waals surface area (Å²) in [6.45, 7) is 5.92. The summed E-state index contributed by atoms with van der Waals surface area (Å²) in [5, 5.41) is 0. The molecule has 1 aliphatic rings. The summed E-state index contributed by atoms with van der Waals surface area (Å²) in [6.07, 6.45) is 0. The van der Waals surface area contributed by atoms with Crippen molar-refractivity contribution < 1.29 is 8.42 Å². The molecule has 4 rings (SSSR count). The first-order valence-corrected chi connectivity index (χ1v) is 12.1. The SMILES string of the molecule is Cc1ccc([C@H]2N(S(=O)(=O)c3ccccc3)[C@]2(Cl)C(=NC(C)C)c2ccccc2)cc1. The molecule has 0 aromatic heterocycles. The second-order valence-corrected chi connectivity index (χ2v) is 10.4. The summed E-state index contributed by atoms with van der Waals surface area (Å²) >= 11 is 7.25. The Balaban J connectivity index is 1.90. The second kappa shape index (κ2) is 8.23. The van der Waals surface area contributed by atoms with E-state index in [1.165, 1.54) is 4.31 Å². The lowest BCUT2D eigenvalue weighted by Crippen LogP contribution is -2.29. The van der Waals surface area contributed by atoms with Gasteiger partial charge in [-0.2, -0.15) is 4.31 Å². The molecule has 0 radical (unpaired) electrons. The van der Waals surface area contributed by atoms with E-state index in [1.54, 1.807) is 30.3 Å². The minimum atomic E-state index is -3.85. The van der Waals surface area contributed by atoms with Crippen molar-refractivity contribution in [1.29, 1.82) is 0 Å². The molecule has 0 aliphatic carbocycles. The van der Waals surface area contributed by atoms with Crippen LogP contribution < -0.4 is 0 Å². The van der Waals surface area contributed by atoms with Gasteiger partial charge in [0.2, 0.25) is 10.0 Å². The van der Waals surface area contributed by atoms with Gasteiger partial charge in [0, 0.05) is 6.04 Å². The van der Waals surface area contributed by atoms with Crippen molar-refractivity contribution in [1.82, 2.24) is 4.31 Å². The van der Waals surface area contributed by atoms with Crippen LogP contribution in [0.5, 0.6) is 0 Å². The Morgan fingerprint density at radius 3 is 2.03 bits per heavy atom. The number of hydrogen-bond acceptors (Lipinski definition) is 3. The molecule has 0 spiro atoms. The van der Waals surface area contributed by atoms with Gasteiger partial charge >= 0.3 is 0 Å². The Bertz CT molecular complexity index is 1190. The molecule has 3 atom stereocenters. The van der Waals surface area contributed by atoms with E-state index in [1.807, 2.05) is 75.4 Å². The topological polar surface area (TPSA) is 49.5 Å². The summed E-state index contributed by atoms with van der Waals surface area (Å²) < 4.78 is 28.7.